The Bertz CT molecular complexity index is 1560. The Morgan fingerprint density at radius 2 is 1.57 bits per heavy atom. The maximum absolute atomic E-state index is 13.7. The van der Waals surface area contributed by atoms with Gasteiger partial charge in [0.2, 0.25) is 0 Å². The molecule has 1 aromatic heterocycles. The number of aromatic amines is 1. The van der Waals surface area contributed by atoms with Gasteiger partial charge in [-0.05, 0) is 53.8 Å². The molecule has 0 amide bonds. The van der Waals surface area contributed by atoms with Crippen LogP contribution >= 0.6 is 11.6 Å². The number of ether oxygens (including phenoxy) is 1. The number of rotatable bonds is 13. The summed E-state index contributed by atoms with van der Waals surface area (Å²) in [5.74, 6) is 1.31. The molecule has 5 rings (SSSR count). The largest absolute Gasteiger partial charge is 0.491 e. The second-order valence-corrected chi connectivity index (χ2v) is 11.1. The van der Waals surface area contributed by atoms with Crippen LogP contribution in [0.1, 0.15) is 52.9 Å². The number of aromatic nitrogens is 4. The van der Waals surface area contributed by atoms with Crippen LogP contribution < -0.4 is 4.74 Å². The molecule has 0 unspecified atom stereocenters. The summed E-state index contributed by atoms with van der Waals surface area (Å²) in [5, 5.41) is 13.8. The molecule has 5 aromatic rings. The van der Waals surface area contributed by atoms with Crippen molar-refractivity contribution < 1.29 is 17.9 Å². The Hall–Kier alpha value is -4.21. The molecule has 0 spiro atoms. The highest BCUT2D eigenvalue weighted by Gasteiger charge is 2.34. The van der Waals surface area contributed by atoms with Crippen LogP contribution in [0.2, 0.25) is 5.02 Å². The molecule has 1 heterocycles. The molecule has 228 valence electrons. The summed E-state index contributed by atoms with van der Waals surface area (Å²) in [5.41, 5.74) is 2.86. The van der Waals surface area contributed by atoms with E-state index in [1.54, 1.807) is 6.07 Å². The van der Waals surface area contributed by atoms with E-state index >= 15 is 0 Å². The van der Waals surface area contributed by atoms with Crippen molar-refractivity contribution in [2.24, 2.45) is 0 Å². The van der Waals surface area contributed by atoms with E-state index in [2.05, 4.69) is 49.8 Å². The van der Waals surface area contributed by atoms with Crippen molar-refractivity contribution in [1.82, 2.24) is 25.5 Å². The summed E-state index contributed by atoms with van der Waals surface area (Å²) in [4.78, 5) is 2.17. The van der Waals surface area contributed by atoms with Crippen molar-refractivity contribution >= 4 is 11.6 Å². The van der Waals surface area contributed by atoms with E-state index in [0.29, 0.717) is 37.3 Å². The second-order valence-electron chi connectivity index (χ2n) is 10.8. The van der Waals surface area contributed by atoms with Gasteiger partial charge in [-0.1, -0.05) is 102 Å². The molecule has 6 nitrogen and oxygen atoms in total. The zero-order valence-electron chi connectivity index (χ0n) is 24.2. The lowest BCUT2D eigenvalue weighted by Gasteiger charge is -2.30. The van der Waals surface area contributed by atoms with Crippen LogP contribution in [0.5, 0.6) is 5.75 Å². The number of benzene rings is 4. The SMILES string of the molecule is C[C@H](CCN(Cc1cccc(C(F)(F)F)c1Cl)CC(c1ccccc1)c1ccccc1)Oc1cccc(Cc2nn[nH]n2)c1. The molecule has 0 aliphatic carbocycles. The first-order chi connectivity index (χ1) is 21.3. The summed E-state index contributed by atoms with van der Waals surface area (Å²) >= 11 is 6.36. The van der Waals surface area contributed by atoms with Crippen LogP contribution in [0.15, 0.2) is 103 Å². The van der Waals surface area contributed by atoms with Crippen molar-refractivity contribution in [3.8, 4) is 5.75 Å². The first-order valence-corrected chi connectivity index (χ1v) is 14.8. The third kappa shape index (κ3) is 8.45. The van der Waals surface area contributed by atoms with Gasteiger partial charge in [-0.15, -0.1) is 10.2 Å². The molecule has 1 atom stereocenters. The molecular formula is C34H33ClF3N5O. The lowest BCUT2D eigenvalue weighted by molar-refractivity contribution is -0.137. The van der Waals surface area contributed by atoms with Crippen LogP contribution in [0, 0.1) is 0 Å². The van der Waals surface area contributed by atoms with Gasteiger partial charge >= 0.3 is 6.18 Å². The molecular weight excluding hydrogens is 587 g/mol. The molecule has 44 heavy (non-hydrogen) atoms. The van der Waals surface area contributed by atoms with Crippen molar-refractivity contribution in [3.63, 3.8) is 0 Å². The number of hydrogen-bond acceptors (Lipinski definition) is 5. The third-order valence-corrected chi connectivity index (χ3v) is 7.91. The fourth-order valence-electron chi connectivity index (χ4n) is 5.25. The van der Waals surface area contributed by atoms with Gasteiger partial charge in [-0.25, -0.2) is 0 Å². The standard InChI is InChI=1S/C34H33ClF3N5O/c1-24(44-29-16-8-10-25(20-29)21-32-39-41-42-40-32)18-19-43(22-28-15-9-17-31(33(28)35)34(36,37)38)23-30(26-11-4-2-5-12-26)27-13-6-3-7-14-27/h2-17,20,24,30H,18-19,21-23H2,1H3,(H,39,40,41,42)/t24-/m1/s1. The highest BCUT2D eigenvalue weighted by Crippen LogP contribution is 2.37. The van der Waals surface area contributed by atoms with Gasteiger partial charge in [0.25, 0.3) is 0 Å². The van der Waals surface area contributed by atoms with E-state index < -0.39 is 11.7 Å². The van der Waals surface area contributed by atoms with E-state index in [1.807, 2.05) is 67.6 Å². The minimum atomic E-state index is -4.53. The van der Waals surface area contributed by atoms with Crippen LogP contribution in [-0.2, 0) is 19.1 Å². The number of halogens is 4. The van der Waals surface area contributed by atoms with Gasteiger partial charge in [0, 0.05) is 32.0 Å². The quantitative estimate of drug-likeness (QED) is 0.145. The second kappa shape index (κ2) is 14.5. The number of H-pyrrole nitrogens is 1. The van der Waals surface area contributed by atoms with Gasteiger partial charge in [0.15, 0.2) is 5.82 Å². The van der Waals surface area contributed by atoms with E-state index in [4.69, 9.17) is 16.3 Å². The maximum atomic E-state index is 13.7. The van der Waals surface area contributed by atoms with Crippen LogP contribution in [0.4, 0.5) is 13.2 Å². The normalized spacial score (nSPS) is 12.5. The molecule has 0 aliphatic rings. The zero-order chi connectivity index (χ0) is 30.9. The molecule has 1 N–H and O–H groups in total. The number of hydrogen-bond donors (Lipinski definition) is 1. The smallest absolute Gasteiger partial charge is 0.417 e. The van der Waals surface area contributed by atoms with Crippen LogP contribution in [0.25, 0.3) is 0 Å². The number of alkyl halides is 3. The molecule has 0 radical (unpaired) electrons. The van der Waals surface area contributed by atoms with Crippen molar-refractivity contribution in [2.45, 2.75) is 44.5 Å². The minimum Gasteiger partial charge on any atom is -0.491 e. The lowest BCUT2D eigenvalue weighted by atomic mass is 9.90. The van der Waals surface area contributed by atoms with E-state index in [9.17, 15) is 13.2 Å². The summed E-state index contributed by atoms with van der Waals surface area (Å²) in [6.07, 6.45) is -3.53. The number of nitrogens with one attached hydrogen (secondary N) is 1. The molecule has 0 fully saturated rings. The molecule has 0 saturated carbocycles. The average molecular weight is 620 g/mol. The van der Waals surface area contributed by atoms with Crippen LogP contribution in [-0.4, -0.2) is 44.7 Å². The highest BCUT2D eigenvalue weighted by molar-refractivity contribution is 6.32. The van der Waals surface area contributed by atoms with Crippen molar-refractivity contribution in [3.05, 3.63) is 142 Å². The van der Waals surface area contributed by atoms with Gasteiger partial charge in [-0.2, -0.15) is 18.4 Å². The lowest BCUT2D eigenvalue weighted by Crippen LogP contribution is -2.32. The Balaban J connectivity index is 1.36. The monoisotopic (exact) mass is 619 g/mol. The number of nitrogens with zero attached hydrogens (tertiary/aromatic N) is 4. The summed E-state index contributed by atoms with van der Waals surface area (Å²) in [7, 11) is 0. The fourth-order valence-corrected chi connectivity index (χ4v) is 5.55. The first kappa shape index (κ1) is 31.2. The molecule has 4 aromatic carbocycles. The Morgan fingerprint density at radius 3 is 2.20 bits per heavy atom. The summed E-state index contributed by atoms with van der Waals surface area (Å²) in [6, 6.07) is 32.1. The van der Waals surface area contributed by atoms with Crippen molar-refractivity contribution in [1.29, 1.82) is 0 Å². The van der Waals surface area contributed by atoms with Gasteiger partial charge in [0.05, 0.1) is 16.7 Å². The maximum Gasteiger partial charge on any atom is 0.417 e. The fraction of sp³-hybridized carbons (Fsp3) is 0.265. The summed E-state index contributed by atoms with van der Waals surface area (Å²) in [6.45, 7) is 3.40. The van der Waals surface area contributed by atoms with Gasteiger partial charge < -0.3 is 4.74 Å². The van der Waals surface area contributed by atoms with Crippen molar-refractivity contribution in [2.75, 3.05) is 13.1 Å². The topological polar surface area (TPSA) is 66.9 Å². The van der Waals surface area contributed by atoms with Gasteiger partial charge in [0.1, 0.15) is 5.75 Å². The minimum absolute atomic E-state index is 0.0000190. The van der Waals surface area contributed by atoms with Gasteiger partial charge in [-0.3, -0.25) is 4.90 Å². The third-order valence-electron chi connectivity index (χ3n) is 7.46. The van der Waals surface area contributed by atoms with E-state index in [-0.39, 0.29) is 23.6 Å². The Morgan fingerprint density at radius 1 is 0.886 bits per heavy atom. The van der Waals surface area contributed by atoms with E-state index in [0.717, 1.165) is 28.5 Å². The zero-order valence-corrected chi connectivity index (χ0v) is 25.0. The number of tetrazole rings is 1. The Kier molecular flexibility index (Phi) is 10.3. The highest BCUT2D eigenvalue weighted by atomic mass is 35.5. The van der Waals surface area contributed by atoms with Crippen LogP contribution in [0.3, 0.4) is 0 Å². The predicted molar refractivity (Wildman–Crippen MR) is 165 cm³/mol. The molecule has 0 aliphatic heterocycles. The molecule has 0 bridgehead atoms. The molecule has 0 saturated heterocycles. The summed E-state index contributed by atoms with van der Waals surface area (Å²) < 4.78 is 47.3. The predicted octanol–water partition coefficient (Wildman–Crippen LogP) is 7.95. The average Bonchev–Trinajstić information content (AvgIpc) is 3.53. The molecule has 10 heteroatoms. The first-order valence-electron chi connectivity index (χ1n) is 14.4. The van der Waals surface area contributed by atoms with E-state index in [1.165, 1.54) is 6.07 Å². The Labute approximate surface area is 259 Å².